The van der Waals surface area contributed by atoms with Crippen molar-refractivity contribution in [3.05, 3.63) is 53.3 Å². The largest absolute Gasteiger partial charge is 0.497 e. The lowest BCUT2D eigenvalue weighted by atomic mass is 10.0. The molecule has 1 aliphatic rings. The Bertz CT molecular complexity index is 763. The Labute approximate surface area is 147 Å². The molecule has 6 nitrogen and oxygen atoms in total. The molecule has 0 saturated carbocycles. The summed E-state index contributed by atoms with van der Waals surface area (Å²) >= 11 is 0. The van der Waals surface area contributed by atoms with Gasteiger partial charge >= 0.3 is 5.97 Å². The summed E-state index contributed by atoms with van der Waals surface area (Å²) in [5.41, 5.74) is 1.94. The van der Waals surface area contributed by atoms with Crippen molar-refractivity contribution in [1.29, 1.82) is 0 Å². The number of carboxylic acids is 1. The second-order valence-corrected chi connectivity index (χ2v) is 6.04. The summed E-state index contributed by atoms with van der Waals surface area (Å²) in [6.45, 7) is 1.40. The molecule has 1 aliphatic heterocycles. The molecule has 1 N–H and O–H groups in total. The number of aromatic nitrogens is 1. The molecule has 0 spiro atoms. The Kier molecular flexibility index (Phi) is 5.19. The lowest BCUT2D eigenvalue weighted by Gasteiger charge is -2.26. The van der Waals surface area contributed by atoms with Crippen LogP contribution in [0.25, 0.3) is 0 Å². The highest BCUT2D eigenvalue weighted by Gasteiger charge is 2.29. The number of likely N-dealkylation sites (tertiary alicyclic amines) is 1. The zero-order valence-electron chi connectivity index (χ0n) is 14.4. The quantitative estimate of drug-likeness (QED) is 0.869. The van der Waals surface area contributed by atoms with Crippen molar-refractivity contribution in [2.75, 3.05) is 20.8 Å². The lowest BCUT2D eigenvalue weighted by molar-refractivity contribution is 0.0693. The minimum atomic E-state index is -0.944. The predicted molar refractivity (Wildman–Crippen MR) is 93.1 cm³/mol. The number of hydrogen-bond donors (Lipinski definition) is 1. The molecule has 25 heavy (non-hydrogen) atoms. The second kappa shape index (κ2) is 7.53. The summed E-state index contributed by atoms with van der Waals surface area (Å²) in [6, 6.07) is 9.26. The minimum Gasteiger partial charge on any atom is -0.497 e. The van der Waals surface area contributed by atoms with Crippen molar-refractivity contribution in [3.8, 4) is 11.5 Å². The van der Waals surface area contributed by atoms with E-state index < -0.39 is 5.97 Å². The Balaban J connectivity index is 1.88. The van der Waals surface area contributed by atoms with Crippen LogP contribution in [-0.4, -0.2) is 41.7 Å². The molecule has 132 valence electrons. The molecule has 1 fully saturated rings. The zero-order chi connectivity index (χ0) is 17.8. The molecule has 3 rings (SSSR count). The van der Waals surface area contributed by atoms with Crippen LogP contribution in [-0.2, 0) is 6.54 Å². The van der Waals surface area contributed by atoms with Gasteiger partial charge in [0.2, 0.25) is 0 Å². The fourth-order valence-corrected chi connectivity index (χ4v) is 3.41. The molecule has 1 unspecified atom stereocenters. The van der Waals surface area contributed by atoms with Gasteiger partial charge in [-0.05, 0) is 37.6 Å². The molecule has 2 aromatic rings. The van der Waals surface area contributed by atoms with Crippen molar-refractivity contribution >= 4 is 5.97 Å². The van der Waals surface area contributed by atoms with E-state index in [4.69, 9.17) is 9.47 Å². The van der Waals surface area contributed by atoms with Crippen LogP contribution in [0.5, 0.6) is 11.5 Å². The standard InChI is InChI=1S/C19H22N2O4/c1-24-13-7-8-15(18(11-13)25-2)17-6-4-10-21(17)12-16-14(19(22)23)5-3-9-20-16/h3,5,7-9,11,17H,4,6,10,12H2,1-2H3,(H,22,23). The maximum atomic E-state index is 11.4. The molecule has 0 radical (unpaired) electrons. The van der Waals surface area contributed by atoms with Crippen molar-refractivity contribution in [2.24, 2.45) is 0 Å². The van der Waals surface area contributed by atoms with Gasteiger partial charge in [0.05, 0.1) is 25.5 Å². The first kappa shape index (κ1) is 17.2. The Morgan fingerprint density at radius 3 is 2.88 bits per heavy atom. The van der Waals surface area contributed by atoms with Crippen molar-refractivity contribution in [1.82, 2.24) is 9.88 Å². The van der Waals surface area contributed by atoms with Crippen LogP contribution < -0.4 is 9.47 Å². The Morgan fingerprint density at radius 2 is 2.16 bits per heavy atom. The number of ether oxygens (including phenoxy) is 2. The van der Waals surface area contributed by atoms with Crippen LogP contribution in [0.4, 0.5) is 0 Å². The van der Waals surface area contributed by atoms with E-state index >= 15 is 0 Å². The van der Waals surface area contributed by atoms with Crippen LogP contribution in [0, 0.1) is 0 Å². The number of rotatable bonds is 6. The number of methoxy groups -OCH3 is 2. The van der Waals surface area contributed by atoms with Gasteiger partial charge in [0, 0.05) is 30.4 Å². The smallest absolute Gasteiger partial charge is 0.337 e. The zero-order valence-corrected chi connectivity index (χ0v) is 14.4. The van der Waals surface area contributed by atoms with Gasteiger partial charge in [-0.1, -0.05) is 6.07 Å². The summed E-state index contributed by atoms with van der Waals surface area (Å²) < 4.78 is 10.8. The summed E-state index contributed by atoms with van der Waals surface area (Å²) in [5.74, 6) is 0.597. The van der Waals surface area contributed by atoms with E-state index in [2.05, 4.69) is 9.88 Å². The van der Waals surface area contributed by atoms with Crippen molar-refractivity contribution in [3.63, 3.8) is 0 Å². The van der Waals surface area contributed by atoms with E-state index in [1.807, 2.05) is 18.2 Å². The Hall–Kier alpha value is -2.60. The molecule has 6 heteroatoms. The van der Waals surface area contributed by atoms with Gasteiger partial charge in [-0.3, -0.25) is 9.88 Å². The van der Waals surface area contributed by atoms with E-state index in [-0.39, 0.29) is 11.6 Å². The number of pyridine rings is 1. The third kappa shape index (κ3) is 3.58. The van der Waals surface area contributed by atoms with Crippen LogP contribution in [0.2, 0.25) is 0 Å². The monoisotopic (exact) mass is 342 g/mol. The van der Waals surface area contributed by atoms with Gasteiger partial charge in [0.15, 0.2) is 0 Å². The average molecular weight is 342 g/mol. The van der Waals surface area contributed by atoms with Gasteiger partial charge in [-0.15, -0.1) is 0 Å². The van der Waals surface area contributed by atoms with E-state index in [0.29, 0.717) is 12.2 Å². The number of hydrogen-bond acceptors (Lipinski definition) is 5. The maximum absolute atomic E-state index is 11.4. The van der Waals surface area contributed by atoms with E-state index in [1.165, 1.54) is 0 Å². The SMILES string of the molecule is COc1ccc(C2CCCN2Cc2ncccc2C(=O)O)c(OC)c1. The van der Waals surface area contributed by atoms with Gasteiger partial charge in [0.25, 0.3) is 0 Å². The highest BCUT2D eigenvalue weighted by atomic mass is 16.5. The van der Waals surface area contributed by atoms with E-state index in [9.17, 15) is 9.90 Å². The fourth-order valence-electron chi connectivity index (χ4n) is 3.41. The number of benzene rings is 1. The molecule has 0 amide bonds. The molecule has 1 aromatic heterocycles. The predicted octanol–water partition coefficient (Wildman–Crippen LogP) is 3.13. The van der Waals surface area contributed by atoms with Crippen LogP contribution >= 0.6 is 0 Å². The second-order valence-electron chi connectivity index (χ2n) is 6.04. The first-order chi connectivity index (χ1) is 12.1. The first-order valence-electron chi connectivity index (χ1n) is 8.27. The highest BCUT2D eigenvalue weighted by molar-refractivity contribution is 5.88. The molecule has 1 atom stereocenters. The van der Waals surface area contributed by atoms with E-state index in [1.54, 1.807) is 32.5 Å². The van der Waals surface area contributed by atoms with Crippen LogP contribution in [0.1, 0.15) is 40.5 Å². The fraction of sp³-hybridized carbons (Fsp3) is 0.368. The van der Waals surface area contributed by atoms with Gasteiger partial charge in [0.1, 0.15) is 11.5 Å². The van der Waals surface area contributed by atoms with Crippen LogP contribution in [0.15, 0.2) is 36.5 Å². The van der Waals surface area contributed by atoms with Gasteiger partial charge in [-0.25, -0.2) is 4.79 Å². The van der Waals surface area contributed by atoms with Crippen molar-refractivity contribution in [2.45, 2.75) is 25.4 Å². The Morgan fingerprint density at radius 1 is 1.32 bits per heavy atom. The van der Waals surface area contributed by atoms with Crippen LogP contribution in [0.3, 0.4) is 0 Å². The molecular formula is C19H22N2O4. The molecular weight excluding hydrogens is 320 g/mol. The normalized spacial score (nSPS) is 17.4. The minimum absolute atomic E-state index is 0.171. The van der Waals surface area contributed by atoms with E-state index in [0.717, 1.165) is 36.4 Å². The third-order valence-electron chi connectivity index (χ3n) is 4.64. The number of carboxylic acid groups (broad SMARTS) is 1. The molecule has 1 saturated heterocycles. The number of carbonyl (C=O) groups is 1. The van der Waals surface area contributed by atoms with Crippen molar-refractivity contribution < 1.29 is 19.4 Å². The van der Waals surface area contributed by atoms with Gasteiger partial charge < -0.3 is 14.6 Å². The highest BCUT2D eigenvalue weighted by Crippen LogP contribution is 2.39. The molecule has 0 bridgehead atoms. The van der Waals surface area contributed by atoms with Gasteiger partial charge in [-0.2, -0.15) is 0 Å². The third-order valence-corrected chi connectivity index (χ3v) is 4.64. The maximum Gasteiger partial charge on any atom is 0.337 e. The number of aromatic carboxylic acids is 1. The first-order valence-corrected chi connectivity index (χ1v) is 8.27. The summed E-state index contributed by atoms with van der Waals surface area (Å²) in [4.78, 5) is 18.0. The summed E-state index contributed by atoms with van der Waals surface area (Å²) in [6.07, 6.45) is 3.69. The lowest BCUT2D eigenvalue weighted by Crippen LogP contribution is -2.25. The molecule has 2 heterocycles. The summed E-state index contributed by atoms with van der Waals surface area (Å²) in [5, 5.41) is 9.37. The average Bonchev–Trinajstić information content (AvgIpc) is 3.09. The molecule has 1 aromatic carbocycles. The summed E-state index contributed by atoms with van der Waals surface area (Å²) in [7, 11) is 3.28. The number of nitrogens with zero attached hydrogens (tertiary/aromatic N) is 2. The molecule has 0 aliphatic carbocycles. The topological polar surface area (TPSA) is 71.9 Å².